The molecule has 30 heavy (non-hydrogen) atoms. The molecule has 3 amide bonds. The third-order valence-electron chi connectivity index (χ3n) is 7.80. The van der Waals surface area contributed by atoms with E-state index in [0.29, 0.717) is 12.8 Å². The van der Waals surface area contributed by atoms with Crippen molar-refractivity contribution in [2.45, 2.75) is 88.6 Å². The zero-order valence-electron chi connectivity index (χ0n) is 18.2. The van der Waals surface area contributed by atoms with E-state index >= 15 is 0 Å². The topological polar surface area (TPSA) is 108 Å². The number of likely N-dealkylation sites (tertiary alicyclic amines) is 1. The van der Waals surface area contributed by atoms with Gasteiger partial charge in [0.15, 0.2) is 0 Å². The Bertz CT molecular complexity index is 707. The lowest BCUT2D eigenvalue weighted by Crippen LogP contribution is -2.60. The van der Waals surface area contributed by atoms with E-state index in [9.17, 15) is 19.5 Å². The molecule has 2 bridgehead atoms. The number of amides is 3. The van der Waals surface area contributed by atoms with Crippen molar-refractivity contribution in [3.8, 4) is 0 Å². The quantitative estimate of drug-likeness (QED) is 0.581. The maximum Gasteiger partial charge on any atom is 0.246 e. The number of hydrogen-bond donors (Lipinski definition) is 3. The number of hydrogen-bond acceptors (Lipinski definition) is 5. The van der Waals surface area contributed by atoms with Crippen molar-refractivity contribution < 1.29 is 24.2 Å². The maximum atomic E-state index is 13.7. The van der Waals surface area contributed by atoms with E-state index in [0.717, 1.165) is 25.7 Å². The Morgan fingerprint density at radius 1 is 1.20 bits per heavy atom. The third-order valence-corrected chi connectivity index (χ3v) is 7.80. The van der Waals surface area contributed by atoms with Crippen LogP contribution in [0.5, 0.6) is 0 Å². The first-order chi connectivity index (χ1) is 14.4. The Morgan fingerprint density at radius 3 is 2.50 bits per heavy atom. The molecule has 3 N–H and O–H groups in total. The number of nitrogens with zero attached hydrogens (tertiary/aromatic N) is 1. The normalized spacial score (nSPS) is 36.8. The molecule has 4 rings (SSSR count). The molecule has 1 saturated carbocycles. The van der Waals surface area contributed by atoms with E-state index < -0.39 is 29.5 Å². The summed E-state index contributed by atoms with van der Waals surface area (Å²) in [5, 5.41) is 16.0. The molecule has 2 unspecified atom stereocenters. The van der Waals surface area contributed by atoms with E-state index in [1.807, 2.05) is 13.8 Å². The lowest BCUT2D eigenvalue weighted by molar-refractivity contribution is -0.147. The summed E-state index contributed by atoms with van der Waals surface area (Å²) in [6.45, 7) is 3.64. The van der Waals surface area contributed by atoms with Gasteiger partial charge in [-0.1, -0.05) is 33.1 Å². The summed E-state index contributed by atoms with van der Waals surface area (Å²) in [5.74, 6) is -1.94. The van der Waals surface area contributed by atoms with Gasteiger partial charge in [0.2, 0.25) is 17.7 Å². The molecular weight excluding hydrogens is 386 g/mol. The Balaban J connectivity index is 1.71. The molecule has 3 aliphatic heterocycles. The second-order valence-corrected chi connectivity index (χ2v) is 9.75. The predicted molar refractivity (Wildman–Crippen MR) is 109 cm³/mol. The summed E-state index contributed by atoms with van der Waals surface area (Å²) in [4.78, 5) is 41.5. The number of aliphatic hydroxyl groups is 1. The number of carbonyl (C=O) groups is 3. The van der Waals surface area contributed by atoms with Crippen LogP contribution in [0.25, 0.3) is 0 Å². The van der Waals surface area contributed by atoms with Gasteiger partial charge in [-0.15, -0.1) is 0 Å². The van der Waals surface area contributed by atoms with Crippen LogP contribution in [0.1, 0.15) is 58.8 Å². The van der Waals surface area contributed by atoms with Gasteiger partial charge in [-0.3, -0.25) is 14.4 Å². The molecule has 0 radical (unpaired) electrons. The lowest BCUT2D eigenvalue weighted by atomic mass is 9.70. The van der Waals surface area contributed by atoms with Crippen molar-refractivity contribution in [1.82, 2.24) is 15.5 Å². The molecule has 8 heteroatoms. The molecular formula is C22H35N3O5. The SMILES string of the molecule is CNC(=O)[C@@H]1[C@@H]2CCC3(O2)C(C(=O)NC2CCCCC2)N([C@@H](CO)C(C)C)C(=O)[C@H]13. The molecule has 4 fully saturated rings. The van der Waals surface area contributed by atoms with Crippen LogP contribution in [-0.2, 0) is 19.1 Å². The number of aliphatic hydroxyl groups excluding tert-OH is 1. The Hall–Kier alpha value is -1.67. The van der Waals surface area contributed by atoms with Gasteiger partial charge in [0.05, 0.1) is 30.6 Å². The molecule has 4 aliphatic rings. The zero-order valence-corrected chi connectivity index (χ0v) is 18.2. The summed E-state index contributed by atoms with van der Waals surface area (Å²) < 4.78 is 6.35. The second kappa shape index (κ2) is 8.11. The van der Waals surface area contributed by atoms with Crippen LogP contribution in [-0.4, -0.2) is 71.2 Å². The van der Waals surface area contributed by atoms with Crippen molar-refractivity contribution in [3.63, 3.8) is 0 Å². The number of ether oxygens (including phenoxy) is 1. The highest BCUT2D eigenvalue weighted by Crippen LogP contribution is 2.59. The Kier molecular flexibility index (Phi) is 5.83. The van der Waals surface area contributed by atoms with E-state index in [4.69, 9.17) is 4.74 Å². The number of carbonyl (C=O) groups excluding carboxylic acids is 3. The summed E-state index contributed by atoms with van der Waals surface area (Å²) in [7, 11) is 1.57. The van der Waals surface area contributed by atoms with Gasteiger partial charge >= 0.3 is 0 Å². The zero-order chi connectivity index (χ0) is 21.6. The highest BCUT2D eigenvalue weighted by Gasteiger charge is 2.75. The second-order valence-electron chi connectivity index (χ2n) is 9.75. The number of fused-ring (bicyclic) bond motifs is 1. The predicted octanol–water partition coefficient (Wildman–Crippen LogP) is 0.573. The van der Waals surface area contributed by atoms with Crippen LogP contribution in [0, 0.1) is 17.8 Å². The van der Waals surface area contributed by atoms with E-state index in [-0.39, 0.29) is 42.4 Å². The summed E-state index contributed by atoms with van der Waals surface area (Å²) in [6, 6.07) is -1.19. The molecule has 1 spiro atoms. The van der Waals surface area contributed by atoms with Crippen LogP contribution >= 0.6 is 0 Å². The molecule has 6 atom stereocenters. The molecule has 0 aromatic heterocycles. The van der Waals surface area contributed by atoms with E-state index in [1.54, 1.807) is 11.9 Å². The minimum atomic E-state index is -0.986. The Morgan fingerprint density at radius 2 is 1.90 bits per heavy atom. The van der Waals surface area contributed by atoms with Crippen molar-refractivity contribution in [3.05, 3.63) is 0 Å². The van der Waals surface area contributed by atoms with Crippen LogP contribution in [0.3, 0.4) is 0 Å². The number of nitrogens with one attached hydrogen (secondary N) is 2. The van der Waals surface area contributed by atoms with Crippen molar-refractivity contribution >= 4 is 17.7 Å². The fourth-order valence-electron chi connectivity index (χ4n) is 6.36. The van der Waals surface area contributed by atoms with Gasteiger partial charge in [-0.05, 0) is 31.6 Å². The van der Waals surface area contributed by atoms with Crippen LogP contribution in [0.15, 0.2) is 0 Å². The van der Waals surface area contributed by atoms with Crippen molar-refractivity contribution in [2.24, 2.45) is 17.8 Å². The monoisotopic (exact) mass is 421 g/mol. The van der Waals surface area contributed by atoms with Gasteiger partial charge in [0.1, 0.15) is 11.6 Å². The van der Waals surface area contributed by atoms with Gasteiger partial charge in [-0.25, -0.2) is 0 Å². The van der Waals surface area contributed by atoms with Crippen molar-refractivity contribution in [1.29, 1.82) is 0 Å². The molecule has 0 aromatic carbocycles. The average molecular weight is 422 g/mol. The smallest absolute Gasteiger partial charge is 0.246 e. The first-order valence-corrected chi connectivity index (χ1v) is 11.5. The van der Waals surface area contributed by atoms with Gasteiger partial charge in [0, 0.05) is 13.1 Å². The third kappa shape index (κ3) is 3.14. The van der Waals surface area contributed by atoms with E-state index in [1.165, 1.54) is 6.42 Å². The van der Waals surface area contributed by atoms with Gasteiger partial charge in [-0.2, -0.15) is 0 Å². The van der Waals surface area contributed by atoms with Gasteiger partial charge in [0.25, 0.3) is 0 Å². The minimum absolute atomic E-state index is 0.0326. The summed E-state index contributed by atoms with van der Waals surface area (Å²) in [6.07, 6.45) is 6.17. The van der Waals surface area contributed by atoms with E-state index in [2.05, 4.69) is 10.6 Å². The van der Waals surface area contributed by atoms with Crippen molar-refractivity contribution in [2.75, 3.05) is 13.7 Å². The Labute approximate surface area is 178 Å². The summed E-state index contributed by atoms with van der Waals surface area (Å²) >= 11 is 0. The highest BCUT2D eigenvalue weighted by molar-refractivity contribution is 5.99. The van der Waals surface area contributed by atoms with Gasteiger partial charge < -0.3 is 25.4 Å². The largest absolute Gasteiger partial charge is 0.394 e. The average Bonchev–Trinajstić information content (AvgIpc) is 3.36. The first kappa shape index (κ1) is 21.6. The molecule has 3 saturated heterocycles. The first-order valence-electron chi connectivity index (χ1n) is 11.5. The highest BCUT2D eigenvalue weighted by atomic mass is 16.5. The van der Waals surface area contributed by atoms with Crippen LogP contribution in [0.2, 0.25) is 0 Å². The maximum absolute atomic E-state index is 13.7. The molecule has 1 aliphatic carbocycles. The summed E-state index contributed by atoms with van der Waals surface area (Å²) in [5.41, 5.74) is -0.986. The fraction of sp³-hybridized carbons (Fsp3) is 0.864. The molecule has 8 nitrogen and oxygen atoms in total. The van der Waals surface area contributed by atoms with Crippen LogP contribution < -0.4 is 10.6 Å². The molecule has 168 valence electrons. The lowest BCUT2D eigenvalue weighted by Gasteiger charge is -2.39. The molecule has 0 aromatic rings. The fourth-order valence-corrected chi connectivity index (χ4v) is 6.36. The molecule has 3 heterocycles. The standard InChI is InChI=1S/C22H35N3O5/c1-12(2)14(11-26)25-18(20(28)24-13-7-5-4-6-8-13)22-10-9-15(30-22)16(19(27)23-3)17(22)21(25)29/h12-18,26H,4-11H2,1-3H3,(H,23,27)(H,24,28)/t14-,15-,16+,17-,18?,22?/m0/s1. The van der Waals surface area contributed by atoms with Crippen LogP contribution in [0.4, 0.5) is 0 Å². The minimum Gasteiger partial charge on any atom is -0.394 e. The number of rotatable bonds is 6.